The van der Waals surface area contributed by atoms with Gasteiger partial charge in [-0.3, -0.25) is 9.59 Å². The van der Waals surface area contributed by atoms with Crippen LogP contribution >= 0.6 is 0 Å². The van der Waals surface area contributed by atoms with Gasteiger partial charge in [0.15, 0.2) is 6.10 Å². The number of sulfonamides is 1. The SMILES string of the molecule is CCCNC(=O)C(C)OC(=O)[C@@H](NC(=O)c1cccc(S(=O)(=O)N(CC)CC)c1)C(C)C. The molecule has 0 saturated heterocycles. The second kappa shape index (κ2) is 12.5. The Balaban J connectivity index is 3.00. The number of hydrogen-bond donors (Lipinski definition) is 2. The first kappa shape index (κ1) is 27.6. The van der Waals surface area contributed by atoms with E-state index in [-0.39, 0.29) is 16.4 Å². The predicted octanol–water partition coefficient (Wildman–Crippen LogP) is 1.93. The van der Waals surface area contributed by atoms with E-state index in [1.54, 1.807) is 27.7 Å². The molecule has 0 aliphatic rings. The zero-order valence-electron chi connectivity index (χ0n) is 19.7. The van der Waals surface area contributed by atoms with E-state index in [1.807, 2.05) is 6.92 Å². The fourth-order valence-corrected chi connectivity index (χ4v) is 4.43. The number of benzene rings is 1. The molecule has 10 heteroatoms. The number of amides is 2. The second-order valence-electron chi connectivity index (χ2n) is 7.68. The van der Waals surface area contributed by atoms with Gasteiger partial charge in [0.1, 0.15) is 6.04 Å². The molecular weight excluding hydrogens is 434 g/mol. The van der Waals surface area contributed by atoms with Crippen molar-refractivity contribution in [2.24, 2.45) is 5.92 Å². The topological polar surface area (TPSA) is 122 Å². The molecular formula is C22H35N3O6S. The van der Waals surface area contributed by atoms with Crippen LogP contribution in [0.4, 0.5) is 0 Å². The summed E-state index contributed by atoms with van der Waals surface area (Å²) in [4.78, 5) is 37.4. The Morgan fingerprint density at radius 2 is 1.69 bits per heavy atom. The van der Waals surface area contributed by atoms with Crippen molar-refractivity contribution >= 4 is 27.8 Å². The lowest BCUT2D eigenvalue weighted by molar-refractivity contribution is -0.157. The van der Waals surface area contributed by atoms with Gasteiger partial charge in [-0.15, -0.1) is 0 Å². The van der Waals surface area contributed by atoms with Gasteiger partial charge in [0, 0.05) is 25.2 Å². The van der Waals surface area contributed by atoms with E-state index in [0.717, 1.165) is 6.42 Å². The Labute approximate surface area is 190 Å². The molecule has 0 fully saturated rings. The van der Waals surface area contributed by atoms with Crippen LogP contribution < -0.4 is 10.6 Å². The summed E-state index contributed by atoms with van der Waals surface area (Å²) in [5.41, 5.74) is 0.102. The molecule has 1 aromatic carbocycles. The Bertz CT molecular complexity index is 897. The van der Waals surface area contributed by atoms with Crippen LogP contribution in [0.3, 0.4) is 0 Å². The van der Waals surface area contributed by atoms with Gasteiger partial charge in [-0.2, -0.15) is 4.31 Å². The van der Waals surface area contributed by atoms with Crippen molar-refractivity contribution in [2.45, 2.75) is 65.0 Å². The molecule has 0 aliphatic carbocycles. The first-order chi connectivity index (χ1) is 15.0. The lowest BCUT2D eigenvalue weighted by atomic mass is 10.0. The summed E-state index contributed by atoms with van der Waals surface area (Å²) in [5.74, 6) is -2.08. The van der Waals surface area contributed by atoms with Crippen LogP contribution in [0.25, 0.3) is 0 Å². The average Bonchev–Trinajstić information content (AvgIpc) is 2.75. The normalized spacial score (nSPS) is 13.5. The molecule has 2 atom stereocenters. The van der Waals surface area contributed by atoms with Crippen LogP contribution in [-0.2, 0) is 24.3 Å². The van der Waals surface area contributed by atoms with Crippen LogP contribution in [0.1, 0.15) is 58.3 Å². The summed E-state index contributed by atoms with van der Waals surface area (Å²) >= 11 is 0. The van der Waals surface area contributed by atoms with Crippen molar-refractivity contribution in [1.82, 2.24) is 14.9 Å². The summed E-state index contributed by atoms with van der Waals surface area (Å²) in [5, 5.41) is 5.25. The van der Waals surface area contributed by atoms with Crippen molar-refractivity contribution in [3.05, 3.63) is 29.8 Å². The van der Waals surface area contributed by atoms with E-state index in [1.165, 1.54) is 35.5 Å². The number of nitrogens with one attached hydrogen (secondary N) is 2. The molecule has 180 valence electrons. The first-order valence-corrected chi connectivity index (χ1v) is 12.3. The quantitative estimate of drug-likeness (QED) is 0.451. The summed E-state index contributed by atoms with van der Waals surface area (Å²) in [6.45, 7) is 11.4. The number of esters is 1. The second-order valence-corrected chi connectivity index (χ2v) is 9.62. The number of carbonyl (C=O) groups is 3. The van der Waals surface area contributed by atoms with Gasteiger partial charge in [0.25, 0.3) is 11.8 Å². The molecule has 32 heavy (non-hydrogen) atoms. The zero-order valence-corrected chi connectivity index (χ0v) is 20.5. The van der Waals surface area contributed by atoms with Crippen molar-refractivity contribution < 1.29 is 27.5 Å². The minimum atomic E-state index is -3.73. The Hall–Kier alpha value is -2.46. The zero-order chi connectivity index (χ0) is 24.5. The maximum absolute atomic E-state index is 12.8. The molecule has 9 nitrogen and oxygen atoms in total. The fraction of sp³-hybridized carbons (Fsp3) is 0.591. The van der Waals surface area contributed by atoms with Crippen LogP contribution in [0.15, 0.2) is 29.2 Å². The van der Waals surface area contributed by atoms with Crippen molar-refractivity contribution in [3.8, 4) is 0 Å². The first-order valence-electron chi connectivity index (χ1n) is 10.9. The molecule has 1 unspecified atom stereocenters. The molecule has 0 radical (unpaired) electrons. The largest absolute Gasteiger partial charge is 0.451 e. The van der Waals surface area contributed by atoms with E-state index >= 15 is 0 Å². The highest BCUT2D eigenvalue weighted by atomic mass is 32.2. The van der Waals surface area contributed by atoms with Crippen molar-refractivity contribution in [3.63, 3.8) is 0 Å². The maximum atomic E-state index is 12.8. The van der Waals surface area contributed by atoms with Gasteiger partial charge < -0.3 is 15.4 Å². The highest BCUT2D eigenvalue weighted by molar-refractivity contribution is 7.89. The van der Waals surface area contributed by atoms with Crippen LogP contribution in [0.5, 0.6) is 0 Å². The molecule has 2 N–H and O–H groups in total. The Kier molecular flexibility index (Phi) is 10.8. The van der Waals surface area contributed by atoms with Gasteiger partial charge in [-0.25, -0.2) is 13.2 Å². The van der Waals surface area contributed by atoms with Gasteiger partial charge in [0.05, 0.1) is 4.90 Å². The molecule has 1 rings (SSSR count). The average molecular weight is 470 g/mol. The number of hydrogen-bond acceptors (Lipinski definition) is 6. The number of rotatable bonds is 12. The van der Waals surface area contributed by atoms with Gasteiger partial charge in [0.2, 0.25) is 10.0 Å². The standard InChI is InChI=1S/C22H35N3O6S/c1-7-13-23-20(26)16(6)31-22(28)19(15(4)5)24-21(27)17-11-10-12-18(14-17)32(29,30)25(8-2)9-3/h10-12,14-16,19H,7-9,13H2,1-6H3,(H,23,26)(H,24,27)/t16?,19-/m0/s1. The number of nitrogens with zero attached hydrogens (tertiary/aromatic N) is 1. The third kappa shape index (κ3) is 7.30. The van der Waals surface area contributed by atoms with E-state index in [2.05, 4.69) is 10.6 Å². The van der Waals surface area contributed by atoms with Gasteiger partial charge in [-0.05, 0) is 37.5 Å². The fourth-order valence-electron chi connectivity index (χ4n) is 2.93. The number of ether oxygens (including phenoxy) is 1. The minimum Gasteiger partial charge on any atom is -0.451 e. The monoisotopic (exact) mass is 469 g/mol. The number of carbonyl (C=O) groups excluding carboxylic acids is 3. The lowest BCUT2D eigenvalue weighted by Gasteiger charge is -2.23. The van der Waals surface area contributed by atoms with Crippen LogP contribution in [-0.4, -0.2) is 62.3 Å². The Morgan fingerprint density at radius 1 is 1.06 bits per heavy atom. The molecule has 0 bridgehead atoms. The smallest absolute Gasteiger partial charge is 0.329 e. The molecule has 0 aromatic heterocycles. The maximum Gasteiger partial charge on any atom is 0.329 e. The molecule has 0 saturated carbocycles. The Morgan fingerprint density at radius 3 is 2.22 bits per heavy atom. The van der Waals surface area contributed by atoms with Crippen molar-refractivity contribution in [2.75, 3.05) is 19.6 Å². The third-order valence-electron chi connectivity index (χ3n) is 4.86. The highest BCUT2D eigenvalue weighted by Gasteiger charge is 2.30. The minimum absolute atomic E-state index is 0.00117. The van der Waals surface area contributed by atoms with Crippen molar-refractivity contribution in [1.29, 1.82) is 0 Å². The third-order valence-corrected chi connectivity index (χ3v) is 6.90. The molecule has 0 aliphatic heterocycles. The molecule has 2 amide bonds. The van der Waals surface area contributed by atoms with Crippen LogP contribution in [0, 0.1) is 5.92 Å². The molecule has 0 spiro atoms. The van der Waals surface area contributed by atoms with E-state index in [0.29, 0.717) is 19.6 Å². The van der Waals surface area contributed by atoms with Gasteiger partial charge >= 0.3 is 5.97 Å². The van der Waals surface area contributed by atoms with Crippen LogP contribution in [0.2, 0.25) is 0 Å². The van der Waals surface area contributed by atoms with Gasteiger partial charge in [-0.1, -0.05) is 40.7 Å². The summed E-state index contributed by atoms with van der Waals surface area (Å²) in [7, 11) is -3.73. The summed E-state index contributed by atoms with van der Waals surface area (Å²) in [6.07, 6.45) is -0.255. The molecule has 0 heterocycles. The van der Waals surface area contributed by atoms with E-state index in [9.17, 15) is 22.8 Å². The predicted molar refractivity (Wildman–Crippen MR) is 121 cm³/mol. The summed E-state index contributed by atoms with van der Waals surface area (Å²) in [6, 6.07) is 4.66. The lowest BCUT2D eigenvalue weighted by Crippen LogP contribution is -2.47. The van der Waals surface area contributed by atoms with E-state index in [4.69, 9.17) is 4.74 Å². The van der Waals surface area contributed by atoms with E-state index < -0.39 is 40.0 Å². The highest BCUT2D eigenvalue weighted by Crippen LogP contribution is 2.17. The molecule has 1 aromatic rings. The summed E-state index contributed by atoms with van der Waals surface area (Å²) < 4.78 is 32.0.